The van der Waals surface area contributed by atoms with Crippen molar-refractivity contribution >= 4 is 16.6 Å². The lowest BCUT2D eigenvalue weighted by atomic mass is 10.0. The van der Waals surface area contributed by atoms with Gasteiger partial charge in [0.15, 0.2) is 0 Å². The molecule has 3 nitrogen and oxygen atoms in total. The van der Waals surface area contributed by atoms with Crippen LogP contribution < -0.4 is 11.3 Å². The Labute approximate surface area is 112 Å². The van der Waals surface area contributed by atoms with Crippen molar-refractivity contribution in [3.05, 3.63) is 34.8 Å². The Hall–Kier alpha value is -1.68. The number of aromatic nitrogens is 1. The number of nitrogens with one attached hydrogen (secondary N) is 1. The number of fused-ring (bicyclic) bond motifs is 2. The van der Waals surface area contributed by atoms with E-state index in [0.29, 0.717) is 11.1 Å². The SMILES string of the molecule is Cc1cc2c(NN)c3c(nc2cc1F)CCCCC3. The van der Waals surface area contributed by atoms with Gasteiger partial charge in [-0.3, -0.25) is 10.8 Å². The van der Waals surface area contributed by atoms with Crippen LogP contribution in [0.5, 0.6) is 0 Å². The molecular formula is C15H18FN3. The fourth-order valence-electron chi connectivity index (χ4n) is 2.90. The molecule has 0 bridgehead atoms. The lowest BCUT2D eigenvalue weighted by Crippen LogP contribution is -2.12. The van der Waals surface area contributed by atoms with Crippen molar-refractivity contribution in [2.45, 2.75) is 39.0 Å². The van der Waals surface area contributed by atoms with Crippen LogP contribution in [0.1, 0.15) is 36.1 Å². The molecule has 2 aromatic rings. The van der Waals surface area contributed by atoms with Gasteiger partial charge >= 0.3 is 0 Å². The highest BCUT2D eigenvalue weighted by molar-refractivity contribution is 5.93. The summed E-state index contributed by atoms with van der Waals surface area (Å²) in [7, 11) is 0. The molecule has 1 aromatic carbocycles. The van der Waals surface area contributed by atoms with Crippen molar-refractivity contribution in [3.63, 3.8) is 0 Å². The van der Waals surface area contributed by atoms with E-state index in [0.717, 1.165) is 42.5 Å². The molecule has 0 fully saturated rings. The highest BCUT2D eigenvalue weighted by atomic mass is 19.1. The third kappa shape index (κ3) is 2.06. The first kappa shape index (κ1) is 12.4. The van der Waals surface area contributed by atoms with Crippen LogP contribution in [0.4, 0.5) is 10.1 Å². The Morgan fingerprint density at radius 2 is 2.00 bits per heavy atom. The summed E-state index contributed by atoms with van der Waals surface area (Å²) in [4.78, 5) is 4.65. The molecule has 0 spiro atoms. The van der Waals surface area contributed by atoms with Gasteiger partial charge in [0.25, 0.3) is 0 Å². The molecule has 100 valence electrons. The summed E-state index contributed by atoms with van der Waals surface area (Å²) >= 11 is 0. The van der Waals surface area contributed by atoms with Gasteiger partial charge in [-0.05, 0) is 49.8 Å². The molecule has 0 atom stereocenters. The standard InChI is InChI=1S/C15H18FN3/c1-9-7-11-14(8-12(9)16)18-13-6-4-2-3-5-10(13)15(11)19-17/h7-8H,2-6,17H2,1H3,(H,18,19). The molecular weight excluding hydrogens is 241 g/mol. The van der Waals surface area contributed by atoms with Crippen molar-refractivity contribution in [3.8, 4) is 0 Å². The number of hydrogen-bond acceptors (Lipinski definition) is 3. The van der Waals surface area contributed by atoms with E-state index in [2.05, 4.69) is 10.4 Å². The second-order valence-electron chi connectivity index (χ2n) is 5.24. The molecule has 1 aliphatic rings. The fourth-order valence-corrected chi connectivity index (χ4v) is 2.90. The molecule has 1 heterocycles. The maximum atomic E-state index is 13.7. The molecule has 1 aromatic heterocycles. The Balaban J connectivity index is 2.33. The molecule has 4 heteroatoms. The number of nitrogens with zero attached hydrogens (tertiary/aromatic N) is 1. The van der Waals surface area contributed by atoms with E-state index in [1.165, 1.54) is 18.1 Å². The number of halogens is 1. The smallest absolute Gasteiger partial charge is 0.128 e. The molecule has 19 heavy (non-hydrogen) atoms. The molecule has 3 rings (SSSR count). The van der Waals surface area contributed by atoms with Gasteiger partial charge in [0, 0.05) is 17.1 Å². The van der Waals surface area contributed by atoms with Crippen LogP contribution >= 0.6 is 0 Å². The number of aryl methyl sites for hydroxylation is 2. The van der Waals surface area contributed by atoms with E-state index in [9.17, 15) is 4.39 Å². The summed E-state index contributed by atoms with van der Waals surface area (Å²) in [6, 6.07) is 3.34. The van der Waals surface area contributed by atoms with Crippen molar-refractivity contribution in [1.82, 2.24) is 4.98 Å². The zero-order chi connectivity index (χ0) is 13.4. The summed E-state index contributed by atoms with van der Waals surface area (Å²) in [5.74, 6) is 5.50. The Kier molecular flexibility index (Phi) is 3.11. The molecule has 0 unspecified atom stereocenters. The van der Waals surface area contributed by atoms with Gasteiger partial charge in [-0.15, -0.1) is 0 Å². The highest BCUT2D eigenvalue weighted by Crippen LogP contribution is 2.33. The zero-order valence-corrected chi connectivity index (χ0v) is 11.1. The van der Waals surface area contributed by atoms with Gasteiger partial charge in [0.05, 0.1) is 11.2 Å². The minimum Gasteiger partial charge on any atom is -0.323 e. The summed E-state index contributed by atoms with van der Waals surface area (Å²) in [5.41, 5.74) is 7.32. The molecule has 0 saturated carbocycles. The third-order valence-electron chi connectivity index (χ3n) is 3.94. The van der Waals surface area contributed by atoms with Crippen LogP contribution in [0, 0.1) is 12.7 Å². The van der Waals surface area contributed by atoms with Crippen molar-refractivity contribution in [1.29, 1.82) is 0 Å². The van der Waals surface area contributed by atoms with E-state index >= 15 is 0 Å². The van der Waals surface area contributed by atoms with Crippen LogP contribution in [-0.2, 0) is 12.8 Å². The quantitative estimate of drug-likeness (QED) is 0.469. The van der Waals surface area contributed by atoms with Gasteiger partial charge in [-0.25, -0.2) is 4.39 Å². The molecule has 0 saturated heterocycles. The average molecular weight is 259 g/mol. The summed E-state index contributed by atoms with van der Waals surface area (Å²) in [6.07, 6.45) is 5.46. The Bertz CT molecular complexity index is 637. The van der Waals surface area contributed by atoms with E-state index in [1.807, 2.05) is 6.07 Å². The third-order valence-corrected chi connectivity index (χ3v) is 3.94. The minimum absolute atomic E-state index is 0.212. The van der Waals surface area contributed by atoms with E-state index in [1.54, 1.807) is 6.92 Å². The molecule has 0 amide bonds. The van der Waals surface area contributed by atoms with E-state index in [4.69, 9.17) is 5.84 Å². The number of rotatable bonds is 1. The lowest BCUT2D eigenvalue weighted by molar-refractivity contribution is 0.620. The topological polar surface area (TPSA) is 50.9 Å². The van der Waals surface area contributed by atoms with Crippen molar-refractivity contribution < 1.29 is 4.39 Å². The van der Waals surface area contributed by atoms with Crippen LogP contribution in [0.2, 0.25) is 0 Å². The average Bonchev–Trinajstić information content (AvgIpc) is 2.63. The normalized spacial score (nSPS) is 15.1. The lowest BCUT2D eigenvalue weighted by Gasteiger charge is -2.15. The van der Waals surface area contributed by atoms with Gasteiger partial charge < -0.3 is 5.43 Å². The number of benzene rings is 1. The fraction of sp³-hybridized carbons (Fsp3) is 0.400. The molecule has 0 aliphatic heterocycles. The van der Waals surface area contributed by atoms with Crippen molar-refractivity contribution in [2.75, 3.05) is 5.43 Å². The zero-order valence-electron chi connectivity index (χ0n) is 11.1. The predicted octanol–water partition coefficient (Wildman–Crippen LogP) is 3.24. The maximum absolute atomic E-state index is 13.7. The van der Waals surface area contributed by atoms with Crippen LogP contribution in [0.3, 0.4) is 0 Å². The van der Waals surface area contributed by atoms with E-state index in [-0.39, 0.29) is 5.82 Å². The van der Waals surface area contributed by atoms with Crippen LogP contribution in [0.15, 0.2) is 12.1 Å². The number of pyridine rings is 1. The summed E-state index contributed by atoms with van der Waals surface area (Å²) in [5, 5.41) is 0.919. The van der Waals surface area contributed by atoms with Crippen molar-refractivity contribution in [2.24, 2.45) is 5.84 Å². The molecule has 1 aliphatic carbocycles. The minimum atomic E-state index is -0.212. The second-order valence-corrected chi connectivity index (χ2v) is 5.24. The van der Waals surface area contributed by atoms with Gasteiger partial charge in [0.1, 0.15) is 5.82 Å². The van der Waals surface area contributed by atoms with Crippen LogP contribution in [-0.4, -0.2) is 4.98 Å². The number of hydrogen-bond donors (Lipinski definition) is 2. The maximum Gasteiger partial charge on any atom is 0.128 e. The molecule has 0 radical (unpaired) electrons. The number of nitrogens with two attached hydrogens (primary N) is 1. The van der Waals surface area contributed by atoms with Crippen LogP contribution in [0.25, 0.3) is 10.9 Å². The first-order valence-corrected chi connectivity index (χ1v) is 6.79. The molecule has 3 N–H and O–H groups in total. The summed E-state index contributed by atoms with van der Waals surface area (Å²) < 4.78 is 13.7. The first-order valence-electron chi connectivity index (χ1n) is 6.79. The second kappa shape index (κ2) is 4.78. The number of anilines is 1. The Morgan fingerprint density at radius 1 is 1.21 bits per heavy atom. The van der Waals surface area contributed by atoms with Gasteiger partial charge in [-0.1, -0.05) is 6.42 Å². The van der Waals surface area contributed by atoms with Gasteiger partial charge in [0.2, 0.25) is 0 Å². The van der Waals surface area contributed by atoms with E-state index < -0.39 is 0 Å². The number of hydrazine groups is 1. The highest BCUT2D eigenvalue weighted by Gasteiger charge is 2.17. The largest absolute Gasteiger partial charge is 0.323 e. The number of nitrogen functional groups attached to an aromatic ring is 1. The summed E-state index contributed by atoms with van der Waals surface area (Å²) in [6.45, 7) is 1.76. The predicted molar refractivity (Wildman–Crippen MR) is 75.5 cm³/mol. The monoisotopic (exact) mass is 259 g/mol. The first-order chi connectivity index (χ1) is 9.20. The van der Waals surface area contributed by atoms with Gasteiger partial charge in [-0.2, -0.15) is 0 Å². The Morgan fingerprint density at radius 3 is 2.79 bits per heavy atom.